The van der Waals surface area contributed by atoms with Gasteiger partial charge in [-0.25, -0.2) is 9.78 Å². The zero-order chi connectivity index (χ0) is 20.3. The van der Waals surface area contributed by atoms with Gasteiger partial charge in [0.05, 0.1) is 23.2 Å². The number of carbonyl (C=O) groups is 1. The Morgan fingerprint density at radius 2 is 2.04 bits per heavy atom. The van der Waals surface area contributed by atoms with Gasteiger partial charge in [-0.3, -0.25) is 9.78 Å². The molecule has 0 fully saturated rings. The Kier molecular flexibility index (Phi) is 6.18. The minimum absolute atomic E-state index is 0.264. The summed E-state index contributed by atoms with van der Waals surface area (Å²) in [7, 11) is 0. The molecule has 1 unspecified atom stereocenters. The summed E-state index contributed by atoms with van der Waals surface area (Å²) in [6.07, 6.45) is 4.00. The van der Waals surface area contributed by atoms with Gasteiger partial charge in [0.25, 0.3) is 5.56 Å². The van der Waals surface area contributed by atoms with Gasteiger partial charge in [0.1, 0.15) is 5.82 Å². The van der Waals surface area contributed by atoms with E-state index in [0.717, 1.165) is 17.7 Å². The van der Waals surface area contributed by atoms with E-state index in [1.807, 2.05) is 0 Å². The van der Waals surface area contributed by atoms with Crippen molar-refractivity contribution >= 4 is 23.5 Å². The first-order valence-corrected chi connectivity index (χ1v) is 10.3. The summed E-state index contributed by atoms with van der Waals surface area (Å²) < 4.78 is 5.45. The number of carbonyl (C=O) groups excluding carboxylic acids is 1. The maximum Gasteiger partial charge on any atom is 0.337 e. The highest BCUT2D eigenvalue weighted by Crippen LogP contribution is 2.40. The number of H-pyrrole nitrogens is 1. The van der Waals surface area contributed by atoms with Crippen LogP contribution in [0.5, 0.6) is 0 Å². The number of aromatic amines is 1. The molecule has 0 saturated heterocycles. The van der Waals surface area contributed by atoms with E-state index in [1.54, 1.807) is 45.3 Å². The normalized spacial score (nSPS) is 16.0. The molecule has 0 aliphatic carbocycles. The molecule has 2 aromatic heterocycles. The van der Waals surface area contributed by atoms with Crippen molar-refractivity contribution < 1.29 is 9.53 Å². The van der Waals surface area contributed by atoms with Gasteiger partial charge in [0.2, 0.25) is 0 Å². The zero-order valence-electron chi connectivity index (χ0n) is 16.4. The number of thioether (sulfide) groups is 1. The molecule has 0 saturated carbocycles. The average molecular weight is 401 g/mol. The molecule has 0 aromatic carbocycles. The number of aromatic nitrogens is 3. The van der Waals surface area contributed by atoms with Gasteiger partial charge in [-0.2, -0.15) is 0 Å². The number of pyridine rings is 1. The Labute approximate surface area is 168 Å². The van der Waals surface area contributed by atoms with Gasteiger partial charge in [-0.05, 0) is 44.9 Å². The van der Waals surface area contributed by atoms with Crippen LogP contribution in [0.15, 0.2) is 45.7 Å². The number of esters is 1. The molecule has 3 rings (SSSR count). The fraction of sp³-hybridized carbons (Fsp3) is 0.400. The summed E-state index contributed by atoms with van der Waals surface area (Å²) in [6, 6.07) is 3.60. The van der Waals surface area contributed by atoms with E-state index < -0.39 is 11.9 Å². The minimum atomic E-state index is -0.577. The number of fused-ring (bicyclic) bond motifs is 1. The Morgan fingerprint density at radius 3 is 2.68 bits per heavy atom. The van der Waals surface area contributed by atoms with Gasteiger partial charge in [-0.1, -0.05) is 18.7 Å². The highest BCUT2D eigenvalue weighted by Gasteiger charge is 2.36. The molecule has 1 aliphatic heterocycles. The van der Waals surface area contributed by atoms with Crippen molar-refractivity contribution in [2.75, 3.05) is 11.1 Å². The van der Waals surface area contributed by atoms with Crippen molar-refractivity contribution in [3.63, 3.8) is 0 Å². The van der Waals surface area contributed by atoms with Crippen LogP contribution >= 0.6 is 11.8 Å². The summed E-state index contributed by atoms with van der Waals surface area (Å²) in [5, 5.41) is 3.70. The SMILES string of the molecule is CCCSc1nc2c(c(=O)[nH]1)C(c1ccncc1)C(C(=O)OC(C)C)=C(C)N2. The van der Waals surface area contributed by atoms with Gasteiger partial charge in [-0.15, -0.1) is 0 Å². The van der Waals surface area contributed by atoms with E-state index in [9.17, 15) is 9.59 Å². The van der Waals surface area contributed by atoms with E-state index in [2.05, 4.69) is 27.2 Å². The predicted octanol–water partition coefficient (Wildman–Crippen LogP) is 3.45. The van der Waals surface area contributed by atoms with E-state index in [4.69, 9.17) is 4.74 Å². The van der Waals surface area contributed by atoms with Crippen molar-refractivity contribution in [3.05, 3.63) is 57.3 Å². The van der Waals surface area contributed by atoms with Crippen LogP contribution < -0.4 is 10.9 Å². The Morgan fingerprint density at radius 1 is 1.32 bits per heavy atom. The molecule has 28 heavy (non-hydrogen) atoms. The van der Waals surface area contributed by atoms with E-state index >= 15 is 0 Å². The molecule has 7 nitrogen and oxygen atoms in total. The standard InChI is InChI=1S/C20H24N4O3S/c1-5-10-28-20-23-17-16(18(25)24-20)15(13-6-8-21-9-7-13)14(12(4)22-17)19(26)27-11(2)3/h6-9,11,15H,5,10H2,1-4H3,(H2,22,23,24,25). The lowest BCUT2D eigenvalue weighted by atomic mass is 9.83. The first kappa shape index (κ1) is 20.1. The van der Waals surface area contributed by atoms with Crippen LogP contribution in [0.4, 0.5) is 5.82 Å². The second-order valence-electron chi connectivity index (χ2n) is 6.81. The summed E-state index contributed by atoms with van der Waals surface area (Å²) >= 11 is 1.50. The second-order valence-corrected chi connectivity index (χ2v) is 7.90. The molecular weight excluding hydrogens is 376 g/mol. The van der Waals surface area contributed by atoms with Gasteiger partial charge < -0.3 is 15.0 Å². The monoisotopic (exact) mass is 400 g/mol. The lowest BCUT2D eigenvalue weighted by Gasteiger charge is -2.29. The molecule has 2 N–H and O–H groups in total. The number of nitrogens with one attached hydrogen (secondary N) is 2. The number of ether oxygens (including phenoxy) is 1. The third-order valence-corrected chi connectivity index (χ3v) is 5.34. The second kappa shape index (κ2) is 8.60. The van der Waals surface area contributed by atoms with Crippen LogP contribution in [0.25, 0.3) is 0 Å². The highest BCUT2D eigenvalue weighted by molar-refractivity contribution is 7.99. The molecule has 0 spiro atoms. The first-order valence-electron chi connectivity index (χ1n) is 9.28. The lowest BCUT2D eigenvalue weighted by Crippen LogP contribution is -2.31. The molecule has 148 valence electrons. The largest absolute Gasteiger partial charge is 0.460 e. The number of hydrogen-bond donors (Lipinski definition) is 2. The van der Waals surface area contributed by atoms with E-state index in [1.165, 1.54) is 11.8 Å². The summed E-state index contributed by atoms with van der Waals surface area (Å²) in [6.45, 7) is 7.46. The van der Waals surface area contributed by atoms with E-state index in [0.29, 0.717) is 27.8 Å². The fourth-order valence-corrected chi connectivity index (χ4v) is 3.85. The highest BCUT2D eigenvalue weighted by atomic mass is 32.2. The molecular formula is C20H24N4O3S. The number of hydrogen-bond acceptors (Lipinski definition) is 7. The van der Waals surface area contributed by atoms with Crippen LogP contribution in [0.2, 0.25) is 0 Å². The zero-order valence-corrected chi connectivity index (χ0v) is 17.2. The summed E-state index contributed by atoms with van der Waals surface area (Å²) in [5.41, 5.74) is 1.97. The van der Waals surface area contributed by atoms with Crippen LogP contribution in [-0.4, -0.2) is 32.8 Å². The Balaban J connectivity index is 2.16. The van der Waals surface area contributed by atoms with Crippen molar-refractivity contribution in [3.8, 4) is 0 Å². The number of nitrogens with zero attached hydrogens (tertiary/aromatic N) is 2. The Hall–Kier alpha value is -2.61. The maximum atomic E-state index is 13.0. The lowest BCUT2D eigenvalue weighted by molar-refractivity contribution is -0.143. The van der Waals surface area contributed by atoms with Crippen LogP contribution in [0, 0.1) is 0 Å². The maximum absolute atomic E-state index is 13.0. The van der Waals surface area contributed by atoms with Crippen LogP contribution in [-0.2, 0) is 9.53 Å². The summed E-state index contributed by atoms with van der Waals surface area (Å²) in [5.74, 6) is 0.307. The van der Waals surface area contributed by atoms with Crippen molar-refractivity contribution in [2.24, 2.45) is 0 Å². The number of anilines is 1. The smallest absolute Gasteiger partial charge is 0.337 e. The molecule has 1 atom stereocenters. The Bertz CT molecular complexity index is 954. The molecule has 0 amide bonds. The van der Waals surface area contributed by atoms with Gasteiger partial charge in [0, 0.05) is 23.8 Å². The number of rotatable bonds is 6. The summed E-state index contributed by atoms with van der Waals surface area (Å²) in [4.78, 5) is 37.3. The van der Waals surface area contributed by atoms with Gasteiger partial charge >= 0.3 is 5.97 Å². The third kappa shape index (κ3) is 4.11. The number of allylic oxidation sites excluding steroid dienone is 1. The average Bonchev–Trinajstić information content (AvgIpc) is 2.65. The van der Waals surface area contributed by atoms with Gasteiger partial charge in [0.15, 0.2) is 5.16 Å². The molecule has 1 aliphatic rings. The first-order chi connectivity index (χ1) is 13.4. The molecule has 0 radical (unpaired) electrons. The predicted molar refractivity (Wildman–Crippen MR) is 110 cm³/mol. The van der Waals surface area contributed by atoms with E-state index in [-0.39, 0.29) is 11.7 Å². The van der Waals surface area contributed by atoms with Crippen molar-refractivity contribution in [2.45, 2.75) is 51.3 Å². The molecule has 0 bridgehead atoms. The topological polar surface area (TPSA) is 97.0 Å². The fourth-order valence-electron chi connectivity index (χ4n) is 3.14. The van der Waals surface area contributed by atoms with Crippen molar-refractivity contribution in [1.29, 1.82) is 0 Å². The minimum Gasteiger partial charge on any atom is -0.460 e. The molecule has 2 aromatic rings. The van der Waals surface area contributed by atoms with Crippen LogP contribution in [0.1, 0.15) is 51.2 Å². The molecule has 8 heteroatoms. The third-order valence-electron chi connectivity index (χ3n) is 4.27. The quantitative estimate of drug-likeness (QED) is 0.435. The van der Waals surface area contributed by atoms with Crippen molar-refractivity contribution in [1.82, 2.24) is 15.0 Å². The van der Waals surface area contributed by atoms with Crippen LogP contribution in [0.3, 0.4) is 0 Å². The molecule has 3 heterocycles.